The van der Waals surface area contributed by atoms with Crippen LogP contribution in [0, 0.1) is 21.3 Å². The van der Waals surface area contributed by atoms with E-state index < -0.39 is 10.7 Å². The SMILES string of the molecule is CCC1(C)C(Cl)CC1Oc1ccc([N+](=O)[O-])cc1F. The van der Waals surface area contributed by atoms with Gasteiger partial charge in [0, 0.05) is 23.3 Å². The smallest absolute Gasteiger partial charge is 0.272 e. The zero-order valence-electron chi connectivity index (χ0n) is 10.7. The lowest BCUT2D eigenvalue weighted by atomic mass is 9.65. The molecule has 1 fully saturated rings. The number of nitrogens with zero attached hydrogens (tertiary/aromatic N) is 1. The van der Waals surface area contributed by atoms with Gasteiger partial charge in [-0.1, -0.05) is 13.8 Å². The Kier molecular flexibility index (Phi) is 3.67. The maximum atomic E-state index is 13.7. The van der Waals surface area contributed by atoms with Crippen molar-refractivity contribution in [2.24, 2.45) is 5.41 Å². The molecule has 104 valence electrons. The van der Waals surface area contributed by atoms with Crippen LogP contribution in [0.15, 0.2) is 18.2 Å². The fraction of sp³-hybridized carbons (Fsp3) is 0.538. The van der Waals surface area contributed by atoms with Crippen molar-refractivity contribution in [3.8, 4) is 5.75 Å². The van der Waals surface area contributed by atoms with E-state index in [-0.39, 0.29) is 28.3 Å². The average Bonchev–Trinajstić information content (AvgIpc) is 2.38. The summed E-state index contributed by atoms with van der Waals surface area (Å²) in [6.45, 7) is 4.01. The van der Waals surface area contributed by atoms with E-state index in [0.717, 1.165) is 12.5 Å². The largest absolute Gasteiger partial charge is 0.487 e. The van der Waals surface area contributed by atoms with Crippen molar-refractivity contribution in [2.45, 2.75) is 38.2 Å². The Morgan fingerprint density at radius 1 is 1.63 bits per heavy atom. The molecule has 0 amide bonds. The van der Waals surface area contributed by atoms with E-state index in [9.17, 15) is 14.5 Å². The Morgan fingerprint density at radius 3 is 2.79 bits per heavy atom. The Labute approximate surface area is 115 Å². The first-order valence-corrected chi connectivity index (χ1v) is 6.56. The van der Waals surface area contributed by atoms with Crippen molar-refractivity contribution in [3.05, 3.63) is 34.1 Å². The topological polar surface area (TPSA) is 52.4 Å². The lowest BCUT2D eigenvalue weighted by Gasteiger charge is -2.50. The van der Waals surface area contributed by atoms with Gasteiger partial charge in [0.15, 0.2) is 11.6 Å². The highest BCUT2D eigenvalue weighted by atomic mass is 35.5. The number of non-ortho nitro benzene ring substituents is 1. The molecule has 1 saturated carbocycles. The van der Waals surface area contributed by atoms with E-state index >= 15 is 0 Å². The van der Waals surface area contributed by atoms with E-state index in [4.69, 9.17) is 16.3 Å². The number of benzene rings is 1. The molecule has 0 N–H and O–H groups in total. The molecular weight excluding hydrogens is 273 g/mol. The highest BCUT2D eigenvalue weighted by Crippen LogP contribution is 2.49. The van der Waals surface area contributed by atoms with E-state index in [1.54, 1.807) is 0 Å². The van der Waals surface area contributed by atoms with Gasteiger partial charge in [-0.2, -0.15) is 0 Å². The van der Waals surface area contributed by atoms with Crippen LogP contribution in [0.2, 0.25) is 0 Å². The Balaban J connectivity index is 2.15. The second kappa shape index (κ2) is 4.96. The van der Waals surface area contributed by atoms with Crippen molar-refractivity contribution < 1.29 is 14.1 Å². The average molecular weight is 288 g/mol. The fourth-order valence-corrected chi connectivity index (χ4v) is 2.71. The number of nitro groups is 1. The van der Waals surface area contributed by atoms with Gasteiger partial charge in [-0.25, -0.2) is 4.39 Å². The molecule has 0 saturated heterocycles. The van der Waals surface area contributed by atoms with E-state index in [2.05, 4.69) is 0 Å². The van der Waals surface area contributed by atoms with Gasteiger partial charge in [0.05, 0.1) is 11.0 Å². The molecule has 0 radical (unpaired) electrons. The zero-order valence-corrected chi connectivity index (χ0v) is 11.5. The molecule has 3 atom stereocenters. The Hall–Kier alpha value is -1.36. The summed E-state index contributed by atoms with van der Waals surface area (Å²) in [7, 11) is 0. The molecule has 1 aromatic rings. The van der Waals surface area contributed by atoms with Gasteiger partial charge in [-0.3, -0.25) is 10.1 Å². The van der Waals surface area contributed by atoms with Crippen LogP contribution in [0.25, 0.3) is 0 Å². The van der Waals surface area contributed by atoms with Crippen molar-refractivity contribution in [1.82, 2.24) is 0 Å². The van der Waals surface area contributed by atoms with Gasteiger partial charge in [0.25, 0.3) is 5.69 Å². The summed E-state index contributed by atoms with van der Waals surface area (Å²) in [6, 6.07) is 3.40. The summed E-state index contributed by atoms with van der Waals surface area (Å²) < 4.78 is 19.3. The molecule has 0 heterocycles. The maximum absolute atomic E-state index is 13.7. The lowest BCUT2D eigenvalue weighted by molar-refractivity contribution is -0.385. The van der Waals surface area contributed by atoms with Gasteiger partial charge < -0.3 is 4.74 Å². The molecule has 0 spiro atoms. The zero-order chi connectivity index (χ0) is 14.2. The van der Waals surface area contributed by atoms with Crippen LogP contribution in [0.3, 0.4) is 0 Å². The number of nitro benzene ring substituents is 1. The van der Waals surface area contributed by atoms with Crippen molar-refractivity contribution in [3.63, 3.8) is 0 Å². The van der Waals surface area contributed by atoms with Gasteiger partial charge in [0.1, 0.15) is 6.10 Å². The molecule has 2 rings (SSSR count). The molecule has 4 nitrogen and oxygen atoms in total. The molecule has 0 aromatic heterocycles. The maximum Gasteiger partial charge on any atom is 0.272 e. The third kappa shape index (κ3) is 2.39. The van der Waals surface area contributed by atoms with Crippen LogP contribution in [0.5, 0.6) is 5.75 Å². The van der Waals surface area contributed by atoms with Crippen molar-refractivity contribution in [2.75, 3.05) is 0 Å². The number of halogens is 2. The van der Waals surface area contributed by atoms with Crippen LogP contribution in [-0.4, -0.2) is 16.4 Å². The summed E-state index contributed by atoms with van der Waals surface area (Å²) in [4.78, 5) is 9.89. The second-order valence-corrected chi connectivity index (χ2v) is 5.57. The van der Waals surface area contributed by atoms with Crippen molar-refractivity contribution in [1.29, 1.82) is 0 Å². The summed E-state index contributed by atoms with van der Waals surface area (Å²) in [6.07, 6.45) is 1.33. The minimum Gasteiger partial charge on any atom is -0.487 e. The lowest BCUT2D eigenvalue weighted by Crippen LogP contribution is -2.55. The van der Waals surface area contributed by atoms with Gasteiger partial charge in [-0.05, 0) is 12.5 Å². The molecule has 1 aliphatic rings. The van der Waals surface area contributed by atoms with Crippen molar-refractivity contribution >= 4 is 17.3 Å². The summed E-state index contributed by atoms with van der Waals surface area (Å²) in [5.41, 5.74) is -0.470. The summed E-state index contributed by atoms with van der Waals surface area (Å²) in [5, 5.41) is 10.5. The first kappa shape index (κ1) is 14.1. The fourth-order valence-electron chi connectivity index (χ4n) is 2.25. The predicted octanol–water partition coefficient (Wildman–Crippen LogP) is 3.91. The third-order valence-electron chi connectivity index (χ3n) is 4.03. The number of alkyl halides is 1. The number of rotatable bonds is 4. The quantitative estimate of drug-likeness (QED) is 0.479. The second-order valence-electron chi connectivity index (χ2n) is 5.04. The predicted molar refractivity (Wildman–Crippen MR) is 70.1 cm³/mol. The molecule has 0 aliphatic heterocycles. The van der Waals surface area contributed by atoms with Crippen LogP contribution >= 0.6 is 11.6 Å². The summed E-state index contributed by atoms with van der Waals surface area (Å²) in [5.74, 6) is -0.676. The van der Waals surface area contributed by atoms with Gasteiger partial charge in [-0.15, -0.1) is 11.6 Å². The Bertz CT molecular complexity index is 511. The van der Waals surface area contributed by atoms with E-state index in [1.165, 1.54) is 12.1 Å². The monoisotopic (exact) mass is 287 g/mol. The molecule has 3 unspecified atom stereocenters. The third-order valence-corrected chi connectivity index (χ3v) is 4.71. The van der Waals surface area contributed by atoms with Gasteiger partial charge in [0.2, 0.25) is 0 Å². The first-order valence-electron chi connectivity index (χ1n) is 6.13. The minimum atomic E-state index is -0.717. The molecule has 1 aromatic carbocycles. The minimum absolute atomic E-state index is 0.0172. The normalized spacial score (nSPS) is 29.7. The summed E-state index contributed by atoms with van der Waals surface area (Å²) >= 11 is 6.16. The molecule has 0 bridgehead atoms. The highest BCUT2D eigenvalue weighted by Gasteiger charge is 2.51. The highest BCUT2D eigenvalue weighted by molar-refractivity contribution is 6.21. The standard InChI is InChI=1S/C13H15ClFNO3/c1-3-13(2)11(14)7-12(13)19-10-5-4-8(16(17)18)6-9(10)15/h4-6,11-12H,3,7H2,1-2H3. The van der Waals surface area contributed by atoms with Gasteiger partial charge >= 0.3 is 0 Å². The van der Waals surface area contributed by atoms with Crippen LogP contribution < -0.4 is 4.74 Å². The molecule has 1 aliphatic carbocycles. The number of hydrogen-bond acceptors (Lipinski definition) is 3. The number of ether oxygens (including phenoxy) is 1. The number of hydrogen-bond donors (Lipinski definition) is 0. The molecule has 19 heavy (non-hydrogen) atoms. The van der Waals surface area contributed by atoms with Crippen LogP contribution in [-0.2, 0) is 0 Å². The van der Waals surface area contributed by atoms with Crippen LogP contribution in [0.1, 0.15) is 26.7 Å². The molecular formula is C13H15ClFNO3. The first-order chi connectivity index (χ1) is 8.88. The Morgan fingerprint density at radius 2 is 2.32 bits per heavy atom. The van der Waals surface area contributed by atoms with Crippen LogP contribution in [0.4, 0.5) is 10.1 Å². The van der Waals surface area contributed by atoms with E-state index in [1.807, 2.05) is 13.8 Å². The molecule has 6 heteroatoms. The van der Waals surface area contributed by atoms with E-state index in [0.29, 0.717) is 6.42 Å².